The fraction of sp³-hybridized carbons (Fsp3) is 0.714. The highest BCUT2D eigenvalue weighted by atomic mass is 32.2. The van der Waals surface area contributed by atoms with Crippen molar-refractivity contribution in [2.45, 2.75) is 18.9 Å². The van der Waals surface area contributed by atoms with E-state index in [4.69, 9.17) is 20.4 Å². The lowest BCUT2D eigenvalue weighted by molar-refractivity contribution is 0.568. The molecule has 0 bridgehead atoms. The molecule has 1 fully saturated rings. The molecule has 0 spiro atoms. The molecule has 0 aromatic rings. The van der Waals surface area contributed by atoms with E-state index in [1.807, 2.05) is 0 Å². The molecule has 0 aliphatic carbocycles. The molecule has 0 amide bonds. The zero-order valence-corrected chi connectivity index (χ0v) is 8.15. The Hall–Kier alpha value is -0.540. The average molecular weight is 220 g/mol. The first-order chi connectivity index (χ1) is 5.72. The van der Waals surface area contributed by atoms with Gasteiger partial charge in [0.15, 0.2) is 0 Å². The molecular formula is C7H12N2O2S2-2. The van der Waals surface area contributed by atoms with E-state index in [9.17, 15) is 0 Å². The second-order valence-electron chi connectivity index (χ2n) is 1.49. The molecule has 1 saturated heterocycles. The molecule has 4 nitrogen and oxygen atoms in total. The van der Waals surface area contributed by atoms with E-state index in [-0.39, 0.29) is 7.43 Å². The van der Waals surface area contributed by atoms with Gasteiger partial charge in [-0.1, -0.05) is 7.43 Å². The smallest absolute Gasteiger partial charge is 0.0474 e. The van der Waals surface area contributed by atoms with Crippen LogP contribution < -0.4 is 0 Å². The summed E-state index contributed by atoms with van der Waals surface area (Å²) in [7, 11) is 0. The highest BCUT2D eigenvalue weighted by Crippen LogP contribution is 2.30. The van der Waals surface area contributed by atoms with Crippen molar-refractivity contribution in [2.24, 2.45) is 0 Å². The summed E-state index contributed by atoms with van der Waals surface area (Å²) >= 11 is 4.12. The maximum atomic E-state index is 8.24. The molecule has 0 saturated carbocycles. The van der Waals surface area contributed by atoms with Crippen molar-refractivity contribution < 1.29 is 9.59 Å². The molecule has 6 heteroatoms. The number of nitrogens with zero attached hydrogens (tertiary/aromatic N) is 2. The Kier molecular flexibility index (Phi) is 24.6. The molecule has 0 atom stereocenters. The lowest BCUT2D eigenvalue weighted by Crippen LogP contribution is -1.74. The first-order valence-electron chi connectivity index (χ1n) is 2.98. The Morgan fingerprint density at radius 3 is 1.46 bits per heavy atom. The van der Waals surface area contributed by atoms with Gasteiger partial charge in [0.25, 0.3) is 0 Å². The van der Waals surface area contributed by atoms with Crippen LogP contribution >= 0.6 is 23.5 Å². The number of hydrogen-bond donors (Lipinski definition) is 0. The minimum atomic E-state index is 0. The van der Waals surface area contributed by atoms with Gasteiger partial charge in [0, 0.05) is 16.1 Å². The van der Waals surface area contributed by atoms with Gasteiger partial charge in [0.05, 0.1) is 0 Å². The second kappa shape index (κ2) is 17.5. The van der Waals surface area contributed by atoms with Crippen molar-refractivity contribution in [1.29, 1.82) is 0 Å². The third-order valence-corrected chi connectivity index (χ3v) is 3.68. The van der Waals surface area contributed by atoms with Crippen molar-refractivity contribution in [1.82, 2.24) is 0 Å². The number of thioether (sulfide) groups is 2. The van der Waals surface area contributed by atoms with Gasteiger partial charge in [-0.05, 0) is 19.1 Å². The molecule has 13 heavy (non-hydrogen) atoms. The van der Waals surface area contributed by atoms with Gasteiger partial charge in [-0.3, -0.25) is 9.59 Å². The van der Waals surface area contributed by atoms with Crippen molar-refractivity contribution in [3.63, 3.8) is 0 Å². The zero-order valence-electron chi connectivity index (χ0n) is 6.52. The van der Waals surface area contributed by atoms with Gasteiger partial charge in [0.2, 0.25) is 0 Å². The second-order valence-corrected chi connectivity index (χ2v) is 4.69. The van der Waals surface area contributed by atoms with Crippen LogP contribution in [0.25, 0.3) is 10.8 Å². The highest BCUT2D eigenvalue weighted by Gasteiger charge is 2.08. The van der Waals surface area contributed by atoms with Crippen molar-refractivity contribution in [3.8, 4) is 0 Å². The summed E-state index contributed by atoms with van der Waals surface area (Å²) in [5.41, 5.74) is 0. The van der Waals surface area contributed by atoms with Crippen molar-refractivity contribution >= 4 is 35.7 Å². The first kappa shape index (κ1) is 18.3. The van der Waals surface area contributed by atoms with Crippen LogP contribution in [-0.4, -0.2) is 28.2 Å². The van der Waals surface area contributed by atoms with Crippen LogP contribution in [0.2, 0.25) is 0 Å². The lowest BCUT2D eigenvalue weighted by atomic mass is 11.0. The summed E-state index contributed by atoms with van der Waals surface area (Å²) in [6, 6.07) is 0. The summed E-state index contributed by atoms with van der Waals surface area (Å²) in [5, 5.41) is 13.5. The van der Waals surface area contributed by atoms with Crippen LogP contribution in [0.5, 0.6) is 0 Å². The Labute approximate surface area is 86.9 Å². The molecule has 1 rings (SSSR count). The maximum absolute atomic E-state index is 8.24. The summed E-state index contributed by atoms with van der Waals surface area (Å²) in [6.45, 7) is 2.27. The highest BCUT2D eigenvalue weighted by molar-refractivity contribution is 8.20. The number of rotatable bonds is 0. The third kappa shape index (κ3) is 24.6. The van der Waals surface area contributed by atoms with E-state index in [0.29, 0.717) is 12.2 Å². The van der Waals surface area contributed by atoms with Gasteiger partial charge >= 0.3 is 0 Å². The van der Waals surface area contributed by atoms with E-state index >= 15 is 0 Å². The molecular weight excluding hydrogens is 208 g/mol. The molecule has 1 aliphatic rings. The number of hydrogen-bond acceptors (Lipinski definition) is 4. The van der Waals surface area contributed by atoms with Crippen LogP contribution in [0.15, 0.2) is 0 Å². The predicted octanol–water partition coefficient (Wildman–Crippen LogP) is 2.23. The van der Waals surface area contributed by atoms with E-state index in [2.05, 4.69) is 30.4 Å². The van der Waals surface area contributed by atoms with Crippen LogP contribution in [0.3, 0.4) is 0 Å². The molecule has 0 aromatic heterocycles. The van der Waals surface area contributed by atoms with Gasteiger partial charge in [-0.2, -0.15) is 0 Å². The fourth-order valence-electron chi connectivity index (χ4n) is 0.476. The minimum absolute atomic E-state index is 0. The SMILES string of the molecule is C.CC1SCCS1.[N-]=C=O.[N-]=C=O. The average Bonchev–Trinajstić information content (AvgIpc) is 2.43. The third-order valence-electron chi connectivity index (χ3n) is 0.788. The summed E-state index contributed by atoms with van der Waals surface area (Å²) in [5.74, 6) is 2.73. The van der Waals surface area contributed by atoms with Crippen LogP contribution in [0.4, 0.5) is 0 Å². The summed E-state index contributed by atoms with van der Waals surface area (Å²) in [4.78, 5) is 16.5. The summed E-state index contributed by atoms with van der Waals surface area (Å²) in [6.07, 6.45) is 1.00. The molecule has 0 unspecified atom stereocenters. The largest absolute Gasteiger partial charge is 0.724 e. The normalized spacial score (nSPS) is 13.0. The van der Waals surface area contributed by atoms with E-state index in [1.54, 1.807) is 0 Å². The first-order valence-corrected chi connectivity index (χ1v) is 5.08. The van der Waals surface area contributed by atoms with E-state index in [0.717, 1.165) is 4.58 Å². The van der Waals surface area contributed by atoms with E-state index < -0.39 is 0 Å². The van der Waals surface area contributed by atoms with Crippen molar-refractivity contribution in [3.05, 3.63) is 10.8 Å². The van der Waals surface area contributed by atoms with Gasteiger partial charge in [0.1, 0.15) is 0 Å². The monoisotopic (exact) mass is 220 g/mol. The van der Waals surface area contributed by atoms with Gasteiger partial charge in [-0.15, -0.1) is 23.5 Å². The molecule has 0 radical (unpaired) electrons. The van der Waals surface area contributed by atoms with Crippen LogP contribution in [0, 0.1) is 0 Å². The number of carbonyl (C=O) groups excluding carboxylic acids is 2. The summed E-state index contributed by atoms with van der Waals surface area (Å²) < 4.78 is 0.880. The zero-order chi connectivity index (χ0) is 9.82. The molecule has 1 heterocycles. The number of isocyanates is 2. The molecule has 0 aromatic carbocycles. The molecule has 0 N–H and O–H groups in total. The fourth-order valence-corrected chi connectivity index (χ4v) is 2.87. The Morgan fingerprint density at radius 2 is 1.38 bits per heavy atom. The predicted molar refractivity (Wildman–Crippen MR) is 59.2 cm³/mol. The Balaban J connectivity index is -0.000000126. The standard InChI is InChI=1S/C4H8S2.2CNO.CH4/c1-4-5-2-3-6-4;2*2-1-3;/h4H,2-3H2,1H3;;;1H4/q;2*-1;. The van der Waals surface area contributed by atoms with E-state index in [1.165, 1.54) is 11.5 Å². The minimum Gasteiger partial charge on any atom is -0.724 e. The molecule has 1 aliphatic heterocycles. The quantitative estimate of drug-likeness (QED) is 0.463. The van der Waals surface area contributed by atoms with Gasteiger partial charge in [-0.25, -0.2) is 0 Å². The van der Waals surface area contributed by atoms with Crippen molar-refractivity contribution in [2.75, 3.05) is 11.5 Å². The van der Waals surface area contributed by atoms with Crippen LogP contribution in [0.1, 0.15) is 14.4 Å². The van der Waals surface area contributed by atoms with Crippen LogP contribution in [-0.2, 0) is 9.59 Å². The topological polar surface area (TPSA) is 78.7 Å². The molecule has 76 valence electrons. The Bertz CT molecular complexity index is 146. The maximum Gasteiger partial charge on any atom is 0.0474 e. The van der Waals surface area contributed by atoms with Gasteiger partial charge < -0.3 is 10.8 Å². The lowest BCUT2D eigenvalue weighted by Gasteiger charge is -1.90. The Morgan fingerprint density at radius 1 is 1.15 bits per heavy atom.